The van der Waals surface area contributed by atoms with Crippen molar-refractivity contribution in [3.8, 4) is 5.88 Å². The molecular formula is C16H21ClN4O2. The van der Waals surface area contributed by atoms with Gasteiger partial charge in [-0.2, -0.15) is 0 Å². The van der Waals surface area contributed by atoms with E-state index in [4.69, 9.17) is 22.1 Å². The van der Waals surface area contributed by atoms with Gasteiger partial charge in [0.2, 0.25) is 11.8 Å². The molecule has 2 N–H and O–H groups in total. The number of nitrogens with zero attached hydrogens (tertiary/aromatic N) is 3. The summed E-state index contributed by atoms with van der Waals surface area (Å²) in [5.74, 6) is 0.439. The van der Waals surface area contributed by atoms with Crippen molar-refractivity contribution in [2.24, 2.45) is 5.73 Å². The second kappa shape index (κ2) is 6.68. The third kappa shape index (κ3) is 4.09. The van der Waals surface area contributed by atoms with Crippen LogP contribution in [0.25, 0.3) is 10.8 Å². The highest BCUT2D eigenvalue weighted by Crippen LogP contribution is 2.32. The molecule has 0 atom stereocenters. The molecule has 7 heteroatoms. The van der Waals surface area contributed by atoms with E-state index < -0.39 is 5.54 Å². The van der Waals surface area contributed by atoms with Crippen LogP contribution in [0.1, 0.15) is 26.3 Å². The number of amides is 1. The Bertz CT molecular complexity index is 728. The fourth-order valence-corrected chi connectivity index (χ4v) is 2.31. The molecule has 0 radical (unpaired) electrons. The first kappa shape index (κ1) is 17.4. The summed E-state index contributed by atoms with van der Waals surface area (Å²) < 4.78 is 5.72. The number of fused-ring (bicyclic) bond motifs is 1. The Morgan fingerprint density at radius 3 is 2.65 bits per heavy atom. The van der Waals surface area contributed by atoms with Crippen molar-refractivity contribution in [1.82, 2.24) is 14.9 Å². The standard InChI is InChI=1S/C16H21ClN4O2/c1-10(22)21(4)5-6-23-15-12-8-19-14(17)7-11(12)13(9-20-15)16(2,3)18/h7-9H,5-6,18H2,1-4H3. The summed E-state index contributed by atoms with van der Waals surface area (Å²) in [6.07, 6.45) is 3.33. The van der Waals surface area contributed by atoms with Gasteiger partial charge in [-0.3, -0.25) is 4.79 Å². The molecule has 0 unspecified atom stereocenters. The number of rotatable bonds is 5. The lowest BCUT2D eigenvalue weighted by Gasteiger charge is -2.22. The number of hydrogen-bond acceptors (Lipinski definition) is 5. The van der Waals surface area contributed by atoms with Gasteiger partial charge in [-0.25, -0.2) is 9.97 Å². The fraction of sp³-hybridized carbons (Fsp3) is 0.438. The maximum absolute atomic E-state index is 11.2. The van der Waals surface area contributed by atoms with Gasteiger partial charge in [-0.1, -0.05) is 11.6 Å². The molecule has 0 saturated heterocycles. The largest absolute Gasteiger partial charge is 0.475 e. The lowest BCUT2D eigenvalue weighted by atomic mass is 9.93. The Labute approximate surface area is 140 Å². The summed E-state index contributed by atoms with van der Waals surface area (Å²) in [5.41, 5.74) is 6.51. The van der Waals surface area contributed by atoms with E-state index in [2.05, 4.69) is 9.97 Å². The molecule has 0 spiro atoms. The van der Waals surface area contributed by atoms with Gasteiger partial charge in [0.1, 0.15) is 11.8 Å². The van der Waals surface area contributed by atoms with Gasteiger partial charge in [0, 0.05) is 31.9 Å². The van der Waals surface area contributed by atoms with Crippen LogP contribution >= 0.6 is 11.6 Å². The summed E-state index contributed by atoms with van der Waals surface area (Å²) in [5, 5.41) is 2.00. The molecule has 0 aliphatic carbocycles. The highest BCUT2D eigenvalue weighted by Gasteiger charge is 2.20. The van der Waals surface area contributed by atoms with E-state index >= 15 is 0 Å². The lowest BCUT2D eigenvalue weighted by molar-refractivity contribution is -0.127. The molecule has 6 nitrogen and oxygen atoms in total. The summed E-state index contributed by atoms with van der Waals surface area (Å²) in [6.45, 7) is 6.13. The number of carbonyl (C=O) groups excluding carboxylic acids is 1. The van der Waals surface area contributed by atoms with Crippen LogP contribution in [0.4, 0.5) is 0 Å². The molecule has 2 heterocycles. The molecule has 0 saturated carbocycles. The monoisotopic (exact) mass is 336 g/mol. The van der Waals surface area contributed by atoms with Gasteiger partial charge in [0.25, 0.3) is 0 Å². The quantitative estimate of drug-likeness (QED) is 0.847. The molecule has 0 aliphatic heterocycles. The van der Waals surface area contributed by atoms with Crippen LogP contribution in [0, 0.1) is 0 Å². The number of likely N-dealkylation sites (N-methyl/N-ethyl adjacent to an activating group) is 1. The zero-order valence-corrected chi connectivity index (χ0v) is 14.5. The van der Waals surface area contributed by atoms with Gasteiger partial charge >= 0.3 is 0 Å². The average molecular weight is 337 g/mol. The average Bonchev–Trinajstić information content (AvgIpc) is 2.45. The van der Waals surface area contributed by atoms with Crippen LogP contribution in [-0.4, -0.2) is 41.0 Å². The van der Waals surface area contributed by atoms with Crippen molar-refractivity contribution < 1.29 is 9.53 Å². The molecule has 23 heavy (non-hydrogen) atoms. The Kier molecular flexibility index (Phi) is 5.06. The minimum atomic E-state index is -0.566. The zero-order chi connectivity index (χ0) is 17.2. The van der Waals surface area contributed by atoms with Gasteiger partial charge < -0.3 is 15.4 Å². The predicted octanol–water partition coefficient (Wildman–Crippen LogP) is 2.33. The molecule has 0 bridgehead atoms. The van der Waals surface area contributed by atoms with Crippen LogP contribution in [0.2, 0.25) is 5.15 Å². The minimum absolute atomic E-state index is 0.0138. The number of aromatic nitrogens is 2. The highest BCUT2D eigenvalue weighted by atomic mass is 35.5. The second-order valence-electron chi connectivity index (χ2n) is 6.04. The molecule has 0 aliphatic rings. The first-order chi connectivity index (χ1) is 10.7. The van der Waals surface area contributed by atoms with Crippen molar-refractivity contribution in [1.29, 1.82) is 0 Å². The maximum Gasteiger partial charge on any atom is 0.222 e. The maximum atomic E-state index is 11.2. The molecule has 0 aromatic carbocycles. The smallest absolute Gasteiger partial charge is 0.222 e. The summed E-state index contributed by atoms with van der Waals surface area (Å²) in [7, 11) is 1.72. The number of carbonyl (C=O) groups is 1. The third-order valence-corrected chi connectivity index (χ3v) is 3.81. The zero-order valence-electron chi connectivity index (χ0n) is 13.8. The molecule has 1 amide bonds. The Morgan fingerprint density at radius 1 is 1.35 bits per heavy atom. The predicted molar refractivity (Wildman–Crippen MR) is 90.6 cm³/mol. The van der Waals surface area contributed by atoms with Crippen molar-refractivity contribution in [2.45, 2.75) is 26.3 Å². The van der Waals surface area contributed by atoms with Crippen molar-refractivity contribution in [2.75, 3.05) is 20.2 Å². The molecule has 0 fully saturated rings. The first-order valence-corrected chi connectivity index (χ1v) is 7.66. The number of pyridine rings is 2. The molecule has 2 rings (SSSR count). The third-order valence-electron chi connectivity index (χ3n) is 3.60. The number of halogens is 1. The lowest BCUT2D eigenvalue weighted by Crippen LogP contribution is -2.29. The molecule has 124 valence electrons. The highest BCUT2D eigenvalue weighted by molar-refractivity contribution is 6.30. The SMILES string of the molecule is CC(=O)N(C)CCOc1ncc(C(C)(C)N)c2cc(Cl)ncc12. The van der Waals surface area contributed by atoms with Crippen molar-refractivity contribution >= 4 is 28.3 Å². The van der Waals surface area contributed by atoms with E-state index in [9.17, 15) is 4.79 Å². The molecule has 2 aromatic heterocycles. The minimum Gasteiger partial charge on any atom is -0.475 e. The van der Waals surface area contributed by atoms with Crippen LogP contribution in [0.15, 0.2) is 18.5 Å². The van der Waals surface area contributed by atoms with E-state index in [1.54, 1.807) is 30.4 Å². The Balaban J connectivity index is 2.34. The van der Waals surface area contributed by atoms with E-state index in [1.165, 1.54) is 6.92 Å². The number of nitrogens with two attached hydrogens (primary N) is 1. The van der Waals surface area contributed by atoms with Crippen LogP contribution in [-0.2, 0) is 10.3 Å². The van der Waals surface area contributed by atoms with E-state index in [0.29, 0.717) is 24.2 Å². The Hall–Kier alpha value is -1.92. The van der Waals surface area contributed by atoms with Crippen LogP contribution < -0.4 is 10.5 Å². The first-order valence-electron chi connectivity index (χ1n) is 7.28. The molecular weight excluding hydrogens is 316 g/mol. The van der Waals surface area contributed by atoms with Gasteiger partial charge in [-0.05, 0) is 30.9 Å². The topological polar surface area (TPSA) is 81.3 Å². The fourth-order valence-electron chi connectivity index (χ4n) is 2.15. The van der Waals surface area contributed by atoms with Crippen LogP contribution in [0.3, 0.4) is 0 Å². The number of hydrogen-bond donors (Lipinski definition) is 1. The summed E-state index contributed by atoms with van der Waals surface area (Å²) in [4.78, 5) is 21.2. The van der Waals surface area contributed by atoms with E-state index in [1.807, 2.05) is 13.8 Å². The van der Waals surface area contributed by atoms with Crippen LogP contribution in [0.5, 0.6) is 5.88 Å². The van der Waals surface area contributed by atoms with E-state index in [-0.39, 0.29) is 5.91 Å². The van der Waals surface area contributed by atoms with Crippen molar-refractivity contribution in [3.63, 3.8) is 0 Å². The summed E-state index contributed by atoms with van der Waals surface area (Å²) >= 11 is 6.02. The normalized spacial score (nSPS) is 11.6. The van der Waals surface area contributed by atoms with Gasteiger partial charge in [0.05, 0.1) is 11.9 Å². The Morgan fingerprint density at radius 2 is 2.04 bits per heavy atom. The molecule has 2 aromatic rings. The van der Waals surface area contributed by atoms with Crippen molar-refractivity contribution in [3.05, 3.63) is 29.2 Å². The van der Waals surface area contributed by atoms with Gasteiger partial charge in [-0.15, -0.1) is 0 Å². The summed E-state index contributed by atoms with van der Waals surface area (Å²) in [6, 6.07) is 1.76. The van der Waals surface area contributed by atoms with Gasteiger partial charge in [0.15, 0.2) is 0 Å². The second-order valence-corrected chi connectivity index (χ2v) is 6.43. The van der Waals surface area contributed by atoms with E-state index in [0.717, 1.165) is 16.3 Å². The number of ether oxygens (including phenoxy) is 1.